The van der Waals surface area contributed by atoms with Crippen LogP contribution in [-0.4, -0.2) is 0 Å². The Morgan fingerprint density at radius 3 is 1.43 bits per heavy atom. The summed E-state index contributed by atoms with van der Waals surface area (Å²) in [7, 11) is 0. The minimum atomic E-state index is 0.741. The Labute approximate surface area is 182 Å². The molecule has 28 heavy (non-hydrogen) atoms. The van der Waals surface area contributed by atoms with Crippen molar-refractivity contribution < 1.29 is 11.5 Å². The molecule has 0 aromatic heterocycles. The van der Waals surface area contributed by atoms with Crippen molar-refractivity contribution in [2.45, 2.75) is 13.1 Å². The highest BCUT2D eigenvalue weighted by atomic mass is 79.9. The van der Waals surface area contributed by atoms with Crippen molar-refractivity contribution in [2.24, 2.45) is 0 Å². The van der Waals surface area contributed by atoms with Crippen LogP contribution in [0.5, 0.6) is 0 Å². The normalized spacial score (nSPS) is 9.86. The van der Waals surface area contributed by atoms with Gasteiger partial charge in [-0.2, -0.15) is 0 Å². The van der Waals surface area contributed by atoms with Crippen molar-refractivity contribution in [1.82, 2.24) is 0 Å². The number of quaternary nitrogens is 2. The second-order valence-electron chi connectivity index (χ2n) is 6.28. The zero-order chi connectivity index (χ0) is 19.9. The third kappa shape index (κ3) is 5.83. The summed E-state index contributed by atoms with van der Waals surface area (Å²) >= 11 is 7.06. The van der Waals surface area contributed by atoms with E-state index in [1.807, 2.05) is 36.4 Å². The molecule has 0 heterocycles. The second-order valence-corrected chi connectivity index (χ2v) is 8.11. The van der Waals surface area contributed by atoms with Gasteiger partial charge < -0.3 is 11.5 Å². The largest absolute Gasteiger partial charge is 0.354 e. The minimum absolute atomic E-state index is 0.741. The fourth-order valence-corrected chi connectivity index (χ4v) is 3.78. The van der Waals surface area contributed by atoms with Crippen LogP contribution in [0.25, 0.3) is 0 Å². The van der Waals surface area contributed by atoms with Gasteiger partial charge in [-0.25, -0.2) is 0 Å². The van der Waals surface area contributed by atoms with Crippen molar-refractivity contribution in [1.29, 1.82) is 0 Å². The summed E-state index contributed by atoms with van der Waals surface area (Å²) in [5.41, 5.74) is 14.0. The molecular weight excluding hydrogens is 476 g/mol. The summed E-state index contributed by atoms with van der Waals surface area (Å²) in [6.07, 6.45) is 0. The number of halogens is 2. The SMILES string of the molecule is [NH3+]Cc1cc(Br)cc(C#Cc2cccc(C#Cc3cc(Br)cc(C[NH3+])c3)c2)c1. The summed E-state index contributed by atoms with van der Waals surface area (Å²) in [5, 5.41) is 0. The first-order valence-electron chi connectivity index (χ1n) is 8.87. The van der Waals surface area contributed by atoms with Crippen LogP contribution in [0.1, 0.15) is 33.4 Å². The molecule has 2 nitrogen and oxygen atoms in total. The monoisotopic (exact) mass is 494 g/mol. The quantitative estimate of drug-likeness (QED) is 0.511. The first-order valence-corrected chi connectivity index (χ1v) is 10.5. The van der Waals surface area contributed by atoms with E-state index < -0.39 is 0 Å². The average molecular weight is 496 g/mol. The van der Waals surface area contributed by atoms with E-state index in [1.54, 1.807) is 0 Å². The van der Waals surface area contributed by atoms with E-state index in [-0.39, 0.29) is 0 Å². The molecule has 0 saturated carbocycles. The highest BCUT2D eigenvalue weighted by molar-refractivity contribution is 9.10. The van der Waals surface area contributed by atoms with E-state index >= 15 is 0 Å². The molecule has 0 aliphatic carbocycles. The van der Waals surface area contributed by atoms with Crippen LogP contribution >= 0.6 is 31.9 Å². The van der Waals surface area contributed by atoms with Gasteiger partial charge in [0.05, 0.1) is 13.1 Å². The van der Waals surface area contributed by atoms with Crippen LogP contribution in [-0.2, 0) is 13.1 Å². The van der Waals surface area contributed by atoms with Crippen molar-refractivity contribution in [3.8, 4) is 23.7 Å². The van der Waals surface area contributed by atoms with Crippen LogP contribution in [0.3, 0.4) is 0 Å². The molecule has 0 aliphatic rings. The molecule has 0 spiro atoms. The van der Waals surface area contributed by atoms with E-state index in [0.29, 0.717) is 0 Å². The van der Waals surface area contributed by atoms with Crippen molar-refractivity contribution >= 4 is 31.9 Å². The number of hydrogen-bond acceptors (Lipinski definition) is 0. The Kier molecular flexibility index (Phi) is 7.09. The standard InChI is InChI=1S/C24H18Br2N2/c25-23-11-19(9-21(13-23)15-27)6-4-17-2-1-3-18(8-17)5-7-20-10-22(16-28)14-24(26)12-20/h1-3,8-14H,15-16,27-28H2/p+2. The summed E-state index contributed by atoms with van der Waals surface area (Å²) < 4.78 is 2.04. The summed E-state index contributed by atoms with van der Waals surface area (Å²) in [4.78, 5) is 0. The van der Waals surface area contributed by atoms with E-state index in [0.717, 1.165) is 55.4 Å². The molecule has 138 valence electrons. The van der Waals surface area contributed by atoms with Crippen LogP contribution in [0.4, 0.5) is 0 Å². The molecule has 3 aromatic rings. The van der Waals surface area contributed by atoms with Gasteiger partial charge in [0.25, 0.3) is 0 Å². The van der Waals surface area contributed by atoms with Gasteiger partial charge >= 0.3 is 0 Å². The molecular formula is C24H20Br2N2+2. The molecule has 0 aliphatic heterocycles. The Bertz CT molecular complexity index is 1040. The number of rotatable bonds is 2. The third-order valence-corrected chi connectivity index (χ3v) is 4.97. The first-order chi connectivity index (χ1) is 13.6. The maximum absolute atomic E-state index is 3.94. The summed E-state index contributed by atoms with van der Waals surface area (Å²) in [6.45, 7) is 1.48. The zero-order valence-electron chi connectivity index (χ0n) is 15.4. The fraction of sp³-hybridized carbons (Fsp3) is 0.0833. The van der Waals surface area contributed by atoms with Gasteiger partial charge in [0.15, 0.2) is 0 Å². The molecule has 6 N–H and O–H groups in total. The Morgan fingerprint density at radius 1 is 0.571 bits per heavy atom. The lowest BCUT2D eigenvalue weighted by atomic mass is 10.1. The van der Waals surface area contributed by atoms with Gasteiger partial charge in [-0.1, -0.05) is 61.6 Å². The maximum Gasteiger partial charge on any atom is 0.0998 e. The number of benzene rings is 3. The van der Waals surface area contributed by atoms with Crippen molar-refractivity contribution in [3.63, 3.8) is 0 Å². The Hall–Kier alpha value is -2.34. The summed E-state index contributed by atoms with van der Waals surface area (Å²) in [6, 6.07) is 20.3. The van der Waals surface area contributed by atoms with Crippen molar-refractivity contribution in [2.75, 3.05) is 0 Å². The van der Waals surface area contributed by atoms with Gasteiger partial charge in [-0.3, -0.25) is 0 Å². The first kappa shape index (κ1) is 20.4. The van der Waals surface area contributed by atoms with E-state index in [2.05, 4.69) is 91.3 Å². The highest BCUT2D eigenvalue weighted by Gasteiger charge is 1.99. The average Bonchev–Trinajstić information content (AvgIpc) is 2.70. The maximum atomic E-state index is 3.94. The van der Waals surface area contributed by atoms with Crippen molar-refractivity contribution in [3.05, 3.63) is 103 Å². The van der Waals surface area contributed by atoms with E-state index in [9.17, 15) is 0 Å². The lowest BCUT2D eigenvalue weighted by molar-refractivity contribution is -0.386. The molecule has 0 fully saturated rings. The van der Waals surface area contributed by atoms with Gasteiger partial charge in [0.1, 0.15) is 0 Å². The minimum Gasteiger partial charge on any atom is -0.354 e. The molecule has 3 aromatic carbocycles. The predicted molar refractivity (Wildman–Crippen MR) is 120 cm³/mol. The van der Waals surface area contributed by atoms with Crippen LogP contribution in [0, 0.1) is 23.7 Å². The van der Waals surface area contributed by atoms with E-state index in [1.165, 1.54) is 0 Å². The fourth-order valence-electron chi connectivity index (χ4n) is 2.70. The number of hydrogen-bond donors (Lipinski definition) is 2. The Balaban J connectivity index is 1.85. The zero-order valence-corrected chi connectivity index (χ0v) is 18.5. The predicted octanol–water partition coefficient (Wildman–Crippen LogP) is 3.50. The van der Waals surface area contributed by atoms with Gasteiger partial charge in [-0.15, -0.1) is 0 Å². The molecule has 0 atom stereocenters. The molecule has 0 amide bonds. The van der Waals surface area contributed by atoms with Gasteiger partial charge in [-0.05, 0) is 54.6 Å². The molecule has 0 bridgehead atoms. The molecule has 3 rings (SSSR count). The molecule has 0 radical (unpaired) electrons. The third-order valence-electron chi connectivity index (χ3n) is 4.06. The molecule has 0 unspecified atom stereocenters. The van der Waals surface area contributed by atoms with Crippen LogP contribution < -0.4 is 11.5 Å². The van der Waals surface area contributed by atoms with Crippen LogP contribution in [0.15, 0.2) is 69.6 Å². The lowest BCUT2D eigenvalue weighted by Crippen LogP contribution is -2.47. The van der Waals surface area contributed by atoms with Crippen LogP contribution in [0.2, 0.25) is 0 Å². The molecule has 0 saturated heterocycles. The summed E-state index contributed by atoms with van der Waals surface area (Å²) in [5.74, 6) is 12.9. The second kappa shape index (κ2) is 9.73. The van der Waals surface area contributed by atoms with Gasteiger partial charge in [0, 0.05) is 42.3 Å². The van der Waals surface area contributed by atoms with E-state index in [4.69, 9.17) is 0 Å². The highest BCUT2D eigenvalue weighted by Crippen LogP contribution is 2.16. The lowest BCUT2D eigenvalue weighted by Gasteiger charge is -1.99. The van der Waals surface area contributed by atoms with Gasteiger partial charge in [0.2, 0.25) is 0 Å². The Morgan fingerprint density at radius 2 is 1.00 bits per heavy atom. The smallest absolute Gasteiger partial charge is 0.0998 e. The molecule has 4 heteroatoms. The topological polar surface area (TPSA) is 55.3 Å².